The number of carbonyl (C=O) groups is 1. The summed E-state index contributed by atoms with van der Waals surface area (Å²) in [7, 11) is 0. The van der Waals surface area contributed by atoms with Crippen LogP contribution in [0, 0.1) is 23.7 Å². The van der Waals surface area contributed by atoms with Crippen molar-refractivity contribution in [3.05, 3.63) is 63.6 Å². The molecule has 0 spiro atoms. The van der Waals surface area contributed by atoms with Crippen LogP contribution in [0.1, 0.15) is 75.5 Å². The van der Waals surface area contributed by atoms with Crippen LogP contribution < -0.4 is 4.74 Å². The van der Waals surface area contributed by atoms with Crippen molar-refractivity contribution in [1.29, 1.82) is 0 Å². The SMILES string of the molecule is CCCCc1ccc(C#Cc2ccc(OC(=O)C3CCC(CC)CC3)c(Br)c2)cc1. The van der Waals surface area contributed by atoms with Crippen LogP contribution in [0.5, 0.6) is 5.75 Å². The molecule has 2 nitrogen and oxygen atoms in total. The van der Waals surface area contributed by atoms with Gasteiger partial charge in [-0.25, -0.2) is 0 Å². The zero-order valence-corrected chi connectivity index (χ0v) is 19.6. The lowest BCUT2D eigenvalue weighted by atomic mass is 9.81. The minimum Gasteiger partial charge on any atom is -0.425 e. The van der Waals surface area contributed by atoms with E-state index in [1.54, 1.807) is 0 Å². The highest BCUT2D eigenvalue weighted by molar-refractivity contribution is 9.10. The Kier molecular flexibility index (Phi) is 8.58. The van der Waals surface area contributed by atoms with Crippen LogP contribution in [-0.2, 0) is 11.2 Å². The average Bonchev–Trinajstić information content (AvgIpc) is 2.78. The van der Waals surface area contributed by atoms with Gasteiger partial charge < -0.3 is 4.74 Å². The first-order valence-electron chi connectivity index (χ1n) is 11.2. The number of unbranched alkanes of at least 4 members (excludes halogenated alkanes) is 1. The van der Waals surface area contributed by atoms with Gasteiger partial charge in [0.05, 0.1) is 10.4 Å². The smallest absolute Gasteiger partial charge is 0.314 e. The first-order chi connectivity index (χ1) is 14.6. The topological polar surface area (TPSA) is 26.3 Å². The molecule has 0 radical (unpaired) electrons. The maximum Gasteiger partial charge on any atom is 0.314 e. The maximum atomic E-state index is 12.5. The largest absolute Gasteiger partial charge is 0.425 e. The second-order valence-corrected chi connectivity index (χ2v) is 9.10. The van der Waals surface area contributed by atoms with Gasteiger partial charge in [-0.05, 0) is 96.3 Å². The predicted octanol–water partition coefficient (Wildman–Crippen LogP) is 7.31. The van der Waals surface area contributed by atoms with Gasteiger partial charge in [-0.15, -0.1) is 0 Å². The van der Waals surface area contributed by atoms with Crippen molar-refractivity contribution in [2.24, 2.45) is 11.8 Å². The molecule has 0 aromatic heterocycles. The normalized spacial score (nSPS) is 18.4. The lowest BCUT2D eigenvalue weighted by Gasteiger charge is -2.26. The number of ether oxygens (including phenoxy) is 1. The van der Waals surface area contributed by atoms with Gasteiger partial charge in [0.1, 0.15) is 5.75 Å². The maximum absolute atomic E-state index is 12.5. The predicted molar refractivity (Wildman–Crippen MR) is 127 cm³/mol. The van der Waals surface area contributed by atoms with E-state index < -0.39 is 0 Å². The summed E-state index contributed by atoms with van der Waals surface area (Å²) in [6.45, 7) is 4.44. The molecule has 3 rings (SSSR count). The number of halogens is 1. The third kappa shape index (κ3) is 6.47. The molecular weight excluding hydrogens is 436 g/mol. The van der Waals surface area contributed by atoms with E-state index in [4.69, 9.17) is 4.74 Å². The number of carbonyl (C=O) groups excluding carboxylic acids is 1. The van der Waals surface area contributed by atoms with Crippen LogP contribution in [0.25, 0.3) is 0 Å². The molecule has 0 amide bonds. The molecule has 0 bridgehead atoms. The molecule has 0 N–H and O–H groups in total. The second kappa shape index (κ2) is 11.4. The zero-order valence-electron chi connectivity index (χ0n) is 18.0. The highest BCUT2D eigenvalue weighted by Gasteiger charge is 2.27. The van der Waals surface area contributed by atoms with E-state index in [-0.39, 0.29) is 11.9 Å². The van der Waals surface area contributed by atoms with Crippen LogP contribution in [0.15, 0.2) is 46.9 Å². The molecule has 1 aliphatic carbocycles. The summed E-state index contributed by atoms with van der Waals surface area (Å²) in [4.78, 5) is 12.5. The van der Waals surface area contributed by atoms with Crippen molar-refractivity contribution in [3.63, 3.8) is 0 Å². The molecule has 158 valence electrons. The van der Waals surface area contributed by atoms with E-state index in [0.717, 1.165) is 53.6 Å². The summed E-state index contributed by atoms with van der Waals surface area (Å²) in [5.41, 5.74) is 3.25. The highest BCUT2D eigenvalue weighted by atomic mass is 79.9. The van der Waals surface area contributed by atoms with Gasteiger partial charge >= 0.3 is 5.97 Å². The second-order valence-electron chi connectivity index (χ2n) is 8.24. The average molecular weight is 467 g/mol. The Labute approximate surface area is 189 Å². The summed E-state index contributed by atoms with van der Waals surface area (Å²) in [5.74, 6) is 7.68. The van der Waals surface area contributed by atoms with Crippen LogP contribution in [0.3, 0.4) is 0 Å². The zero-order chi connectivity index (χ0) is 21.3. The molecule has 0 heterocycles. The molecule has 3 heteroatoms. The summed E-state index contributed by atoms with van der Waals surface area (Å²) in [5, 5.41) is 0. The molecule has 0 atom stereocenters. The number of hydrogen-bond donors (Lipinski definition) is 0. The minimum absolute atomic E-state index is 0.0273. The van der Waals surface area contributed by atoms with Gasteiger partial charge in [-0.3, -0.25) is 4.79 Å². The number of aryl methyl sites for hydroxylation is 1. The minimum atomic E-state index is -0.104. The molecule has 1 saturated carbocycles. The van der Waals surface area contributed by atoms with E-state index in [0.29, 0.717) is 5.75 Å². The summed E-state index contributed by atoms with van der Waals surface area (Å²) in [6.07, 6.45) is 8.90. The Morgan fingerprint density at radius 1 is 1.00 bits per heavy atom. The van der Waals surface area contributed by atoms with Gasteiger partial charge in [-0.2, -0.15) is 0 Å². The Bertz CT molecular complexity index is 897. The summed E-state index contributed by atoms with van der Waals surface area (Å²) in [6, 6.07) is 14.1. The van der Waals surface area contributed by atoms with E-state index in [1.807, 2.05) is 18.2 Å². The highest BCUT2D eigenvalue weighted by Crippen LogP contribution is 2.33. The third-order valence-corrected chi connectivity index (χ3v) is 6.64. The molecule has 2 aromatic carbocycles. The number of benzene rings is 2. The quantitative estimate of drug-likeness (QED) is 0.253. The Morgan fingerprint density at radius 2 is 1.67 bits per heavy atom. The molecule has 1 aliphatic rings. The standard InChI is InChI=1S/C27H31BrO2/c1-3-5-6-21-7-9-22(10-8-21)11-12-23-15-18-26(25(28)19-23)30-27(29)24-16-13-20(4-2)14-17-24/h7-10,15,18-20,24H,3-6,13-14,16-17H2,1-2H3. The molecule has 0 saturated heterocycles. The molecule has 0 aliphatic heterocycles. The Morgan fingerprint density at radius 3 is 2.30 bits per heavy atom. The van der Waals surface area contributed by atoms with E-state index >= 15 is 0 Å². The lowest BCUT2D eigenvalue weighted by molar-refractivity contribution is -0.140. The first-order valence-corrected chi connectivity index (χ1v) is 12.0. The van der Waals surface area contributed by atoms with Crippen molar-refractivity contribution < 1.29 is 9.53 Å². The third-order valence-electron chi connectivity index (χ3n) is 6.02. The molecular formula is C27H31BrO2. The fourth-order valence-corrected chi connectivity index (χ4v) is 4.40. The first kappa shape index (κ1) is 22.6. The van der Waals surface area contributed by atoms with E-state index in [1.165, 1.54) is 24.8 Å². The number of hydrogen-bond acceptors (Lipinski definition) is 2. The van der Waals surface area contributed by atoms with Crippen molar-refractivity contribution >= 4 is 21.9 Å². The molecule has 0 unspecified atom stereocenters. The fraction of sp³-hybridized carbons (Fsp3) is 0.444. The lowest BCUT2D eigenvalue weighted by Crippen LogP contribution is -2.25. The van der Waals surface area contributed by atoms with Gasteiger partial charge in [0, 0.05) is 11.1 Å². The van der Waals surface area contributed by atoms with E-state index in [9.17, 15) is 4.79 Å². The van der Waals surface area contributed by atoms with Crippen molar-refractivity contribution in [2.75, 3.05) is 0 Å². The van der Waals surface area contributed by atoms with Crippen LogP contribution in [0.4, 0.5) is 0 Å². The molecule has 30 heavy (non-hydrogen) atoms. The van der Waals surface area contributed by atoms with Crippen LogP contribution >= 0.6 is 15.9 Å². The van der Waals surface area contributed by atoms with Crippen molar-refractivity contribution in [2.45, 2.75) is 65.2 Å². The van der Waals surface area contributed by atoms with Crippen molar-refractivity contribution in [3.8, 4) is 17.6 Å². The van der Waals surface area contributed by atoms with Gasteiger partial charge in [0.2, 0.25) is 0 Å². The Hall–Kier alpha value is -2.05. The van der Waals surface area contributed by atoms with Gasteiger partial charge in [0.15, 0.2) is 0 Å². The van der Waals surface area contributed by atoms with Gasteiger partial charge in [0.25, 0.3) is 0 Å². The summed E-state index contributed by atoms with van der Waals surface area (Å²) < 4.78 is 6.45. The summed E-state index contributed by atoms with van der Waals surface area (Å²) >= 11 is 3.54. The van der Waals surface area contributed by atoms with E-state index in [2.05, 4.69) is 65.9 Å². The monoisotopic (exact) mass is 466 g/mol. The van der Waals surface area contributed by atoms with Crippen molar-refractivity contribution in [1.82, 2.24) is 0 Å². The molecule has 1 fully saturated rings. The van der Waals surface area contributed by atoms with Gasteiger partial charge in [-0.1, -0.05) is 50.7 Å². The number of rotatable bonds is 6. The molecule has 2 aromatic rings. The Balaban J connectivity index is 1.59. The fourth-order valence-electron chi connectivity index (χ4n) is 3.94. The van der Waals surface area contributed by atoms with Crippen LogP contribution in [0.2, 0.25) is 0 Å². The number of esters is 1. The van der Waals surface area contributed by atoms with Crippen LogP contribution in [-0.4, -0.2) is 5.97 Å².